The minimum absolute atomic E-state index is 0.0515. The predicted octanol–water partition coefficient (Wildman–Crippen LogP) is 6.91. The summed E-state index contributed by atoms with van der Waals surface area (Å²) in [4.78, 5) is 18.8. The second-order valence-corrected chi connectivity index (χ2v) is 14.3. The van der Waals surface area contributed by atoms with E-state index in [0.29, 0.717) is 39.9 Å². The van der Waals surface area contributed by atoms with Crippen molar-refractivity contribution in [1.29, 1.82) is 0 Å². The van der Waals surface area contributed by atoms with Gasteiger partial charge in [0.2, 0.25) is 0 Å². The van der Waals surface area contributed by atoms with Gasteiger partial charge in [0, 0.05) is 33.7 Å². The molecule has 7 heteroatoms. The van der Waals surface area contributed by atoms with Crippen LogP contribution in [0.25, 0.3) is 22.6 Å². The minimum Gasteiger partial charge on any atom is -0.507 e. The van der Waals surface area contributed by atoms with Crippen LogP contribution < -0.4 is 0 Å². The third kappa shape index (κ3) is 3.85. The number of hydrogen-bond acceptors (Lipinski definition) is 7. The van der Waals surface area contributed by atoms with E-state index < -0.39 is 10.8 Å². The molecule has 1 aliphatic rings. The van der Waals surface area contributed by atoms with Crippen molar-refractivity contribution < 1.29 is 15.3 Å². The van der Waals surface area contributed by atoms with E-state index in [-0.39, 0.29) is 39.1 Å². The van der Waals surface area contributed by atoms with Crippen molar-refractivity contribution in [3.63, 3.8) is 0 Å². The van der Waals surface area contributed by atoms with E-state index in [1.807, 2.05) is 19.9 Å². The van der Waals surface area contributed by atoms with Gasteiger partial charge in [-0.25, -0.2) is 15.0 Å². The highest BCUT2D eigenvalue weighted by molar-refractivity contribution is 5.83. The second-order valence-electron chi connectivity index (χ2n) is 14.3. The highest BCUT2D eigenvalue weighted by atomic mass is 16.3. The predicted molar refractivity (Wildman–Crippen MR) is 151 cm³/mol. The first kappa shape index (κ1) is 27.8. The zero-order valence-corrected chi connectivity index (χ0v) is 24.9. The third-order valence-corrected chi connectivity index (χ3v) is 9.05. The zero-order valence-electron chi connectivity index (χ0n) is 24.9. The molecular formula is C31H42N4O3. The molecule has 1 aliphatic carbocycles. The summed E-state index contributed by atoms with van der Waals surface area (Å²) in [6.45, 7) is 24.9. The molecule has 0 atom stereocenters. The molecule has 2 heterocycles. The van der Waals surface area contributed by atoms with Gasteiger partial charge in [-0.15, -0.1) is 0 Å². The Bertz CT molecular complexity index is 1390. The summed E-state index contributed by atoms with van der Waals surface area (Å²) in [5.74, 6) is 1.29. The van der Waals surface area contributed by atoms with Crippen LogP contribution in [0.1, 0.15) is 106 Å². The molecule has 1 aromatic carbocycles. The normalized spacial score (nSPS) is 17.9. The van der Waals surface area contributed by atoms with Crippen molar-refractivity contribution in [2.45, 2.75) is 105 Å². The Hall–Kier alpha value is -3.22. The number of benzene rings is 1. The van der Waals surface area contributed by atoms with Crippen molar-refractivity contribution in [2.75, 3.05) is 0 Å². The highest BCUT2D eigenvalue weighted by Gasteiger charge is 2.60. The average Bonchev–Trinajstić information content (AvgIpc) is 2.90. The molecule has 2 aromatic heterocycles. The van der Waals surface area contributed by atoms with Crippen LogP contribution >= 0.6 is 0 Å². The molecule has 0 fully saturated rings. The molecule has 0 radical (unpaired) electrons. The number of hydrogen-bond donors (Lipinski definition) is 3. The lowest BCUT2D eigenvalue weighted by atomic mass is 9.59. The standard InChI is InChI=1S/C31H42N4O3/c1-27(2,3)25-33-24(34-26(35-25)28(4,5)6)16-13-14-17(32-15-16)18-21(36)19-20(23(38)22(18)37)30(9,10)31(11,12)29(19,7)8/h13-15,36-38H,1-12H3. The largest absolute Gasteiger partial charge is 0.507 e. The van der Waals surface area contributed by atoms with Gasteiger partial charge < -0.3 is 15.3 Å². The van der Waals surface area contributed by atoms with Crippen LogP contribution in [0.15, 0.2) is 18.3 Å². The van der Waals surface area contributed by atoms with E-state index in [4.69, 9.17) is 15.0 Å². The van der Waals surface area contributed by atoms with E-state index in [1.54, 1.807) is 12.3 Å². The molecule has 0 amide bonds. The fraction of sp³-hybridized carbons (Fsp3) is 0.548. The molecule has 7 nitrogen and oxygen atoms in total. The lowest BCUT2D eigenvalue weighted by Gasteiger charge is -2.44. The Balaban J connectivity index is 1.89. The number of nitrogens with zero attached hydrogens (tertiary/aromatic N) is 4. The van der Waals surface area contributed by atoms with Crippen LogP contribution in [-0.4, -0.2) is 35.3 Å². The molecule has 3 aromatic rings. The maximum absolute atomic E-state index is 11.6. The summed E-state index contributed by atoms with van der Waals surface area (Å²) in [5.41, 5.74) is 0.577. The Morgan fingerprint density at radius 2 is 1.11 bits per heavy atom. The average molecular weight is 519 g/mol. The van der Waals surface area contributed by atoms with Gasteiger partial charge >= 0.3 is 0 Å². The van der Waals surface area contributed by atoms with Crippen LogP contribution in [0.5, 0.6) is 17.2 Å². The monoisotopic (exact) mass is 518 g/mol. The molecule has 3 N–H and O–H groups in total. The molecule has 4 rings (SSSR count). The second kappa shape index (κ2) is 8.14. The van der Waals surface area contributed by atoms with Gasteiger partial charge in [-0.05, 0) is 28.4 Å². The Labute approximate surface area is 226 Å². The van der Waals surface area contributed by atoms with Crippen LogP contribution in [0.3, 0.4) is 0 Å². The van der Waals surface area contributed by atoms with Gasteiger partial charge in [-0.1, -0.05) is 83.1 Å². The minimum atomic E-state index is -0.491. The molecule has 0 saturated carbocycles. The number of aromatic hydroxyl groups is 3. The quantitative estimate of drug-likeness (QED) is 0.250. The first-order valence-electron chi connectivity index (χ1n) is 13.2. The summed E-state index contributed by atoms with van der Waals surface area (Å²) < 4.78 is 0. The highest BCUT2D eigenvalue weighted by Crippen LogP contribution is 2.68. The molecular weight excluding hydrogens is 476 g/mol. The molecule has 0 bridgehead atoms. The summed E-state index contributed by atoms with van der Waals surface area (Å²) in [6, 6.07) is 3.53. The summed E-state index contributed by atoms with van der Waals surface area (Å²) in [5, 5.41) is 33.9. The van der Waals surface area contributed by atoms with Crippen LogP contribution in [-0.2, 0) is 21.7 Å². The Morgan fingerprint density at radius 3 is 1.53 bits per heavy atom. The number of rotatable bonds is 2. The van der Waals surface area contributed by atoms with Crippen LogP contribution in [0.2, 0.25) is 0 Å². The molecule has 204 valence electrons. The summed E-state index contributed by atoms with van der Waals surface area (Å²) >= 11 is 0. The topological polar surface area (TPSA) is 112 Å². The molecule has 0 unspecified atom stereocenters. The first-order chi connectivity index (χ1) is 17.1. The molecule has 0 saturated heterocycles. The van der Waals surface area contributed by atoms with Crippen molar-refractivity contribution in [3.8, 4) is 39.9 Å². The van der Waals surface area contributed by atoms with E-state index in [1.165, 1.54) is 0 Å². The smallest absolute Gasteiger partial charge is 0.171 e. The summed E-state index contributed by atoms with van der Waals surface area (Å²) in [7, 11) is 0. The first-order valence-corrected chi connectivity index (χ1v) is 13.2. The lowest BCUT2D eigenvalue weighted by molar-refractivity contribution is 0.122. The van der Waals surface area contributed by atoms with Crippen molar-refractivity contribution in [3.05, 3.63) is 41.1 Å². The van der Waals surface area contributed by atoms with Gasteiger partial charge in [-0.2, -0.15) is 0 Å². The van der Waals surface area contributed by atoms with Crippen molar-refractivity contribution >= 4 is 0 Å². The number of phenols is 3. The number of fused-ring (bicyclic) bond motifs is 1. The van der Waals surface area contributed by atoms with Crippen LogP contribution in [0.4, 0.5) is 0 Å². The number of pyridine rings is 1. The maximum atomic E-state index is 11.6. The van der Waals surface area contributed by atoms with E-state index in [2.05, 4.69) is 74.2 Å². The third-order valence-electron chi connectivity index (χ3n) is 9.05. The Morgan fingerprint density at radius 1 is 0.632 bits per heavy atom. The number of aromatic nitrogens is 4. The van der Waals surface area contributed by atoms with Crippen molar-refractivity contribution in [2.24, 2.45) is 5.41 Å². The van der Waals surface area contributed by atoms with Gasteiger partial charge in [0.25, 0.3) is 0 Å². The SMILES string of the molecule is CC(C)(C)c1nc(-c2ccc(-c3c(O)c(O)c4c(c3O)C(C)(C)C(C)(C)C4(C)C)nc2)nc(C(C)(C)C)n1. The van der Waals surface area contributed by atoms with Crippen LogP contribution in [0, 0.1) is 5.41 Å². The van der Waals surface area contributed by atoms with Gasteiger partial charge in [0.05, 0.1) is 11.3 Å². The lowest BCUT2D eigenvalue weighted by Crippen LogP contribution is -2.42. The zero-order chi connectivity index (χ0) is 28.8. The van der Waals surface area contributed by atoms with Gasteiger partial charge in [0.1, 0.15) is 17.4 Å². The molecule has 0 aliphatic heterocycles. The van der Waals surface area contributed by atoms with E-state index in [9.17, 15) is 15.3 Å². The Kier molecular flexibility index (Phi) is 5.96. The maximum Gasteiger partial charge on any atom is 0.171 e. The fourth-order valence-corrected chi connectivity index (χ4v) is 5.43. The van der Waals surface area contributed by atoms with Gasteiger partial charge in [0.15, 0.2) is 17.3 Å². The molecule has 0 spiro atoms. The number of phenolic OH excluding ortho intramolecular Hbond substituents is 3. The van der Waals surface area contributed by atoms with Gasteiger partial charge in [-0.3, -0.25) is 4.98 Å². The van der Waals surface area contributed by atoms with E-state index in [0.717, 1.165) is 0 Å². The van der Waals surface area contributed by atoms with Crippen molar-refractivity contribution in [1.82, 2.24) is 19.9 Å². The fourth-order valence-electron chi connectivity index (χ4n) is 5.43. The molecule has 38 heavy (non-hydrogen) atoms. The summed E-state index contributed by atoms with van der Waals surface area (Å²) in [6.07, 6.45) is 1.63. The van der Waals surface area contributed by atoms with E-state index >= 15 is 0 Å².